The fourth-order valence-corrected chi connectivity index (χ4v) is 3.99. The summed E-state index contributed by atoms with van der Waals surface area (Å²) in [7, 11) is -3.81. The van der Waals surface area contributed by atoms with E-state index >= 15 is 0 Å². The van der Waals surface area contributed by atoms with E-state index < -0.39 is 15.8 Å². The van der Waals surface area contributed by atoms with E-state index in [9.17, 15) is 17.6 Å². The van der Waals surface area contributed by atoms with E-state index in [1.165, 1.54) is 12.1 Å². The van der Waals surface area contributed by atoms with Gasteiger partial charge in [-0.1, -0.05) is 49.4 Å². The normalized spacial score (nSPS) is 12.2. The van der Waals surface area contributed by atoms with Crippen LogP contribution in [-0.2, 0) is 21.2 Å². The fraction of sp³-hybridized carbons (Fsp3) is 0.174. The smallest absolute Gasteiger partial charge is 0.261 e. The van der Waals surface area contributed by atoms with Crippen molar-refractivity contribution in [3.63, 3.8) is 0 Å². The largest absolute Gasteiger partial charge is 0.355 e. The van der Waals surface area contributed by atoms with Gasteiger partial charge in [0.15, 0.2) is 0 Å². The Morgan fingerprint density at radius 3 is 2.20 bits per heavy atom. The highest BCUT2D eigenvalue weighted by Crippen LogP contribution is 2.17. The van der Waals surface area contributed by atoms with Gasteiger partial charge >= 0.3 is 0 Å². The lowest BCUT2D eigenvalue weighted by atomic mass is 10.0. The van der Waals surface area contributed by atoms with Gasteiger partial charge < -0.3 is 5.32 Å². The van der Waals surface area contributed by atoms with Crippen LogP contribution < -0.4 is 10.0 Å². The van der Waals surface area contributed by atoms with Gasteiger partial charge in [0.25, 0.3) is 10.0 Å². The van der Waals surface area contributed by atoms with E-state index in [0.717, 1.165) is 23.3 Å². The second kappa shape index (κ2) is 9.54. The molecule has 0 aliphatic rings. The molecular formula is C23H23FN2O3S. The summed E-state index contributed by atoms with van der Waals surface area (Å²) in [6, 6.07) is 21.1. The maximum atomic E-state index is 13.0. The first-order chi connectivity index (χ1) is 14.3. The minimum absolute atomic E-state index is 0.0279. The zero-order chi connectivity index (χ0) is 21.6. The van der Waals surface area contributed by atoms with Crippen LogP contribution in [-0.4, -0.2) is 20.9 Å². The Bertz CT molecular complexity index is 1080. The van der Waals surface area contributed by atoms with Gasteiger partial charge in [0.1, 0.15) is 5.82 Å². The molecule has 0 spiro atoms. The van der Waals surface area contributed by atoms with Gasteiger partial charge in [0.2, 0.25) is 5.91 Å². The lowest BCUT2D eigenvalue weighted by molar-refractivity contribution is -0.120. The Kier molecular flexibility index (Phi) is 6.84. The summed E-state index contributed by atoms with van der Waals surface area (Å²) in [4.78, 5) is 12.2. The third-order valence-corrected chi connectivity index (χ3v) is 6.07. The maximum absolute atomic E-state index is 13.0. The van der Waals surface area contributed by atoms with E-state index in [2.05, 4.69) is 17.0 Å². The van der Waals surface area contributed by atoms with Crippen molar-refractivity contribution in [1.82, 2.24) is 5.32 Å². The first-order valence-corrected chi connectivity index (χ1v) is 11.0. The predicted octanol–water partition coefficient (Wildman–Crippen LogP) is 4.09. The van der Waals surface area contributed by atoms with Crippen molar-refractivity contribution < 1.29 is 17.6 Å². The molecule has 0 fully saturated rings. The van der Waals surface area contributed by atoms with Crippen molar-refractivity contribution in [1.29, 1.82) is 0 Å². The van der Waals surface area contributed by atoms with Gasteiger partial charge in [-0.05, 0) is 53.4 Å². The second-order valence-electron chi connectivity index (χ2n) is 7.05. The summed E-state index contributed by atoms with van der Waals surface area (Å²) in [6.07, 6.45) is 0.201. The van der Waals surface area contributed by atoms with E-state index in [1.807, 2.05) is 30.3 Å². The van der Waals surface area contributed by atoms with Gasteiger partial charge in [0.05, 0.1) is 11.3 Å². The number of halogens is 1. The molecule has 156 valence electrons. The number of hydrogen-bond acceptors (Lipinski definition) is 3. The highest BCUT2D eigenvalue weighted by Gasteiger charge is 2.14. The summed E-state index contributed by atoms with van der Waals surface area (Å²) in [5.41, 5.74) is 2.29. The highest BCUT2D eigenvalue weighted by molar-refractivity contribution is 7.92. The van der Waals surface area contributed by atoms with Crippen LogP contribution in [0.3, 0.4) is 0 Å². The van der Waals surface area contributed by atoms with Gasteiger partial charge in [-0.25, -0.2) is 12.8 Å². The van der Waals surface area contributed by atoms with Gasteiger partial charge in [-0.15, -0.1) is 0 Å². The third kappa shape index (κ3) is 5.90. The topological polar surface area (TPSA) is 75.3 Å². The average Bonchev–Trinajstić information content (AvgIpc) is 2.74. The average molecular weight is 427 g/mol. The molecular weight excluding hydrogens is 403 g/mol. The molecule has 0 heterocycles. The molecule has 0 bridgehead atoms. The molecule has 2 N–H and O–H groups in total. The molecule has 0 aliphatic heterocycles. The van der Waals surface area contributed by atoms with Crippen molar-refractivity contribution in [3.05, 3.63) is 95.8 Å². The predicted molar refractivity (Wildman–Crippen MR) is 115 cm³/mol. The van der Waals surface area contributed by atoms with Crippen molar-refractivity contribution in [2.75, 3.05) is 11.3 Å². The lowest BCUT2D eigenvalue weighted by Crippen LogP contribution is -2.28. The summed E-state index contributed by atoms with van der Waals surface area (Å²) in [5, 5.41) is 2.93. The number of sulfonamides is 1. The molecule has 30 heavy (non-hydrogen) atoms. The third-order valence-electron chi connectivity index (χ3n) is 4.67. The minimum Gasteiger partial charge on any atom is -0.355 e. The number of hydrogen-bond donors (Lipinski definition) is 2. The molecule has 0 aromatic heterocycles. The molecule has 1 unspecified atom stereocenters. The Hall–Kier alpha value is -3.19. The van der Waals surface area contributed by atoms with Crippen LogP contribution in [0.4, 0.5) is 10.1 Å². The summed E-state index contributed by atoms with van der Waals surface area (Å²) < 4.78 is 40.1. The number of anilines is 1. The molecule has 1 amide bonds. The number of amides is 1. The molecule has 0 saturated heterocycles. The molecule has 7 heteroatoms. The number of carbonyl (C=O) groups excluding carboxylic acids is 1. The number of benzene rings is 3. The summed E-state index contributed by atoms with van der Waals surface area (Å²) in [5.74, 6) is -0.398. The standard InChI is InChI=1S/C23H23FN2O3S/c1-17(19-5-3-2-4-6-19)16-25-23(27)15-18-7-11-21(12-8-18)26-30(28,29)22-13-9-20(24)10-14-22/h2-14,17,26H,15-16H2,1H3,(H,25,27). The fourth-order valence-electron chi connectivity index (χ4n) is 2.93. The first kappa shape index (κ1) is 21.5. The first-order valence-electron chi connectivity index (χ1n) is 9.52. The van der Waals surface area contributed by atoms with Gasteiger partial charge in [0, 0.05) is 12.2 Å². The maximum Gasteiger partial charge on any atom is 0.261 e. The van der Waals surface area contributed by atoms with Crippen LogP contribution in [0.1, 0.15) is 24.0 Å². The molecule has 5 nitrogen and oxygen atoms in total. The van der Waals surface area contributed by atoms with E-state index in [0.29, 0.717) is 12.2 Å². The molecule has 3 rings (SSSR count). The Morgan fingerprint density at radius 2 is 1.57 bits per heavy atom. The molecule has 1 atom stereocenters. The number of carbonyl (C=O) groups is 1. The summed E-state index contributed by atoms with van der Waals surface area (Å²) in [6.45, 7) is 2.59. The van der Waals surface area contributed by atoms with Crippen LogP contribution in [0.25, 0.3) is 0 Å². The quantitative estimate of drug-likeness (QED) is 0.570. The minimum atomic E-state index is -3.81. The van der Waals surface area contributed by atoms with Crippen molar-refractivity contribution >= 4 is 21.6 Å². The monoisotopic (exact) mass is 426 g/mol. The molecule has 3 aromatic carbocycles. The lowest BCUT2D eigenvalue weighted by Gasteiger charge is -2.13. The van der Waals surface area contributed by atoms with Crippen LogP contribution >= 0.6 is 0 Å². The molecule has 0 radical (unpaired) electrons. The molecule has 3 aromatic rings. The number of rotatable bonds is 8. The Balaban J connectivity index is 1.54. The van der Waals surface area contributed by atoms with Crippen molar-refractivity contribution in [2.45, 2.75) is 24.2 Å². The van der Waals surface area contributed by atoms with Gasteiger partial charge in [-0.2, -0.15) is 0 Å². The van der Waals surface area contributed by atoms with Crippen molar-refractivity contribution in [2.24, 2.45) is 0 Å². The van der Waals surface area contributed by atoms with Crippen LogP contribution in [0, 0.1) is 5.82 Å². The van der Waals surface area contributed by atoms with E-state index in [1.54, 1.807) is 24.3 Å². The zero-order valence-corrected chi connectivity index (χ0v) is 17.3. The van der Waals surface area contributed by atoms with Crippen LogP contribution in [0.2, 0.25) is 0 Å². The van der Waals surface area contributed by atoms with Gasteiger partial charge in [-0.3, -0.25) is 9.52 Å². The van der Waals surface area contributed by atoms with E-state index in [4.69, 9.17) is 0 Å². The Morgan fingerprint density at radius 1 is 0.933 bits per heavy atom. The van der Waals surface area contributed by atoms with Crippen LogP contribution in [0.5, 0.6) is 0 Å². The number of nitrogens with one attached hydrogen (secondary N) is 2. The van der Waals surface area contributed by atoms with Crippen LogP contribution in [0.15, 0.2) is 83.8 Å². The second-order valence-corrected chi connectivity index (χ2v) is 8.73. The summed E-state index contributed by atoms with van der Waals surface area (Å²) >= 11 is 0. The molecule has 0 aliphatic carbocycles. The van der Waals surface area contributed by atoms with Crippen molar-refractivity contribution in [3.8, 4) is 0 Å². The molecule has 0 saturated carbocycles. The zero-order valence-electron chi connectivity index (χ0n) is 16.5. The Labute approximate surface area is 176 Å². The van der Waals surface area contributed by atoms with E-state index in [-0.39, 0.29) is 23.1 Å². The highest BCUT2D eigenvalue weighted by atomic mass is 32.2. The SMILES string of the molecule is CC(CNC(=O)Cc1ccc(NS(=O)(=O)c2ccc(F)cc2)cc1)c1ccccc1.